The number of benzene rings is 2. The van der Waals surface area contributed by atoms with Gasteiger partial charge in [0, 0.05) is 24.7 Å². The molecule has 176 valence electrons. The summed E-state index contributed by atoms with van der Waals surface area (Å²) < 4.78 is 85.8. The molecule has 0 aliphatic heterocycles. The van der Waals surface area contributed by atoms with E-state index in [1.165, 1.54) is 30.3 Å². The van der Waals surface area contributed by atoms with Gasteiger partial charge in [0.2, 0.25) is 0 Å². The third kappa shape index (κ3) is 7.15. The summed E-state index contributed by atoms with van der Waals surface area (Å²) in [6, 6.07) is 7.10. The van der Waals surface area contributed by atoms with Gasteiger partial charge < -0.3 is 10.0 Å². The van der Waals surface area contributed by atoms with E-state index < -0.39 is 39.0 Å². The number of hydrogen-bond acceptors (Lipinski definition) is 8. The van der Waals surface area contributed by atoms with Crippen molar-refractivity contribution in [2.45, 2.75) is 16.0 Å². The van der Waals surface area contributed by atoms with Crippen LogP contribution in [0.3, 0.4) is 0 Å². The summed E-state index contributed by atoms with van der Waals surface area (Å²) in [7, 11) is -7.53. The van der Waals surface area contributed by atoms with Crippen LogP contribution in [0.2, 0.25) is 5.02 Å². The molecule has 0 aliphatic rings. The van der Waals surface area contributed by atoms with E-state index in [0.29, 0.717) is 0 Å². The van der Waals surface area contributed by atoms with Crippen LogP contribution in [0, 0.1) is 0 Å². The van der Waals surface area contributed by atoms with Gasteiger partial charge in [0.1, 0.15) is 17.9 Å². The summed E-state index contributed by atoms with van der Waals surface area (Å²) in [5, 5.41) is 16.6. The van der Waals surface area contributed by atoms with Crippen molar-refractivity contribution in [3.63, 3.8) is 0 Å². The number of rotatable bonds is 8. The molecule has 0 atom stereocenters. The van der Waals surface area contributed by atoms with Crippen LogP contribution in [0.5, 0.6) is 0 Å². The Morgan fingerprint density at radius 2 is 1.56 bits per heavy atom. The van der Waals surface area contributed by atoms with Crippen molar-refractivity contribution < 1.29 is 35.1 Å². The first-order valence-corrected chi connectivity index (χ1v) is 13.0. The quantitative estimate of drug-likeness (QED) is 0.535. The van der Waals surface area contributed by atoms with Gasteiger partial charge in [-0.1, -0.05) is 11.6 Å². The maximum atomic E-state index is 12.8. The van der Waals surface area contributed by atoms with E-state index >= 15 is 0 Å². The van der Waals surface area contributed by atoms with Crippen LogP contribution in [0.25, 0.3) is 0 Å². The zero-order chi connectivity index (χ0) is 24.3. The second-order valence-corrected chi connectivity index (χ2v) is 11.2. The summed E-state index contributed by atoms with van der Waals surface area (Å²) in [6.07, 6.45) is -2.69. The van der Waals surface area contributed by atoms with Gasteiger partial charge in [0.15, 0.2) is 19.7 Å². The molecule has 32 heavy (non-hydrogen) atoms. The Hall–Kier alpha value is -2.22. The Morgan fingerprint density at radius 1 is 0.969 bits per heavy atom. The predicted octanol–water partition coefficient (Wildman–Crippen LogP) is 3.92. The van der Waals surface area contributed by atoms with Crippen molar-refractivity contribution in [2.75, 3.05) is 37.1 Å². The van der Waals surface area contributed by atoms with Crippen molar-refractivity contribution in [1.29, 1.82) is 0 Å². The molecule has 0 aromatic heterocycles. The highest BCUT2D eigenvalue weighted by molar-refractivity contribution is 7.91. The molecule has 2 aromatic rings. The minimum atomic E-state index is -4.50. The lowest BCUT2D eigenvalue weighted by Crippen LogP contribution is -2.36. The van der Waals surface area contributed by atoms with Crippen molar-refractivity contribution in [3.05, 3.63) is 41.4 Å². The lowest BCUT2D eigenvalue weighted by Gasteiger charge is -2.25. The van der Waals surface area contributed by atoms with Gasteiger partial charge in [-0.2, -0.15) is 13.2 Å². The predicted molar refractivity (Wildman–Crippen MR) is 114 cm³/mol. The maximum Gasteiger partial charge on any atom is 0.405 e. The fourth-order valence-corrected chi connectivity index (χ4v) is 4.39. The number of alkyl halides is 3. The Balaban J connectivity index is 2.42. The number of aliphatic hydroxyl groups is 1. The molecule has 8 nitrogen and oxygen atoms in total. The van der Waals surface area contributed by atoms with E-state index in [1.807, 2.05) is 0 Å². The minimum absolute atomic E-state index is 0.0398. The molecule has 2 rings (SSSR count). The lowest BCUT2D eigenvalue weighted by molar-refractivity contribution is -0.119. The van der Waals surface area contributed by atoms with E-state index in [1.54, 1.807) is 0 Å². The summed E-state index contributed by atoms with van der Waals surface area (Å²) in [5.74, 6) is 0. The van der Waals surface area contributed by atoms with Gasteiger partial charge in [-0.25, -0.2) is 16.8 Å². The molecule has 0 saturated carbocycles. The van der Waals surface area contributed by atoms with Crippen LogP contribution in [0.15, 0.2) is 56.4 Å². The molecule has 0 radical (unpaired) electrons. The smallest absolute Gasteiger partial charge is 0.395 e. The van der Waals surface area contributed by atoms with E-state index in [9.17, 15) is 30.0 Å². The summed E-state index contributed by atoms with van der Waals surface area (Å²) in [6.45, 7) is -2.08. The first-order valence-electron chi connectivity index (χ1n) is 8.80. The number of halogens is 4. The van der Waals surface area contributed by atoms with Crippen molar-refractivity contribution in [2.24, 2.45) is 10.2 Å². The van der Waals surface area contributed by atoms with E-state index in [2.05, 4.69) is 10.2 Å². The molecule has 0 bridgehead atoms. The van der Waals surface area contributed by atoms with Crippen LogP contribution in [0.4, 0.5) is 30.2 Å². The van der Waals surface area contributed by atoms with Crippen LogP contribution in [0.1, 0.15) is 0 Å². The third-order valence-corrected chi connectivity index (χ3v) is 6.60. The highest BCUT2D eigenvalue weighted by atomic mass is 35.5. The maximum absolute atomic E-state index is 12.8. The van der Waals surface area contributed by atoms with Crippen LogP contribution in [-0.2, 0) is 19.7 Å². The van der Waals surface area contributed by atoms with Gasteiger partial charge in [-0.3, -0.25) is 0 Å². The van der Waals surface area contributed by atoms with Gasteiger partial charge in [-0.15, -0.1) is 10.2 Å². The summed E-state index contributed by atoms with van der Waals surface area (Å²) in [4.78, 5) is 0.308. The number of sulfone groups is 2. The first kappa shape index (κ1) is 26.0. The third-order valence-electron chi connectivity index (χ3n) is 4.06. The average Bonchev–Trinajstić information content (AvgIpc) is 2.64. The minimum Gasteiger partial charge on any atom is -0.395 e. The van der Waals surface area contributed by atoms with Gasteiger partial charge >= 0.3 is 6.18 Å². The van der Waals surface area contributed by atoms with E-state index in [-0.39, 0.29) is 38.4 Å². The molecule has 1 N–H and O–H groups in total. The molecule has 0 saturated heterocycles. The Bertz CT molecular complexity index is 1230. The standard InChI is InChI=1S/C18H19ClF3N3O5S2/c1-31(27,28)13-4-6-16(17(10-13)32(2,29)30)24-23-15-5-3-12(9-14(15)19)25(7-8-26)11-18(20,21)22/h3-6,9-10,26H,7-8,11H2,1-2H3. The number of anilines is 1. The van der Waals surface area contributed by atoms with E-state index in [4.69, 9.17) is 16.7 Å². The molecule has 2 aromatic carbocycles. The molecule has 0 amide bonds. The molecular weight excluding hydrogens is 495 g/mol. The first-order chi connectivity index (χ1) is 14.6. The normalized spacial score (nSPS) is 13.0. The number of nitrogens with zero attached hydrogens (tertiary/aromatic N) is 3. The molecule has 14 heteroatoms. The summed E-state index contributed by atoms with van der Waals surface area (Å²) >= 11 is 6.10. The monoisotopic (exact) mass is 513 g/mol. The molecule has 0 heterocycles. The molecule has 0 spiro atoms. The highest BCUT2D eigenvalue weighted by Crippen LogP contribution is 2.34. The fourth-order valence-electron chi connectivity index (χ4n) is 2.62. The molecule has 0 fully saturated rings. The van der Waals surface area contributed by atoms with Gasteiger partial charge in [-0.05, 0) is 36.4 Å². The fraction of sp³-hybridized carbons (Fsp3) is 0.333. The number of hydrogen-bond donors (Lipinski definition) is 1. The number of aliphatic hydroxyl groups excluding tert-OH is 1. The highest BCUT2D eigenvalue weighted by Gasteiger charge is 2.31. The largest absolute Gasteiger partial charge is 0.405 e. The van der Waals surface area contributed by atoms with Crippen molar-refractivity contribution in [3.8, 4) is 0 Å². The van der Waals surface area contributed by atoms with Crippen molar-refractivity contribution >= 4 is 48.3 Å². The zero-order valence-corrected chi connectivity index (χ0v) is 19.2. The SMILES string of the molecule is CS(=O)(=O)c1ccc(N=Nc2ccc(N(CCO)CC(F)(F)F)cc2Cl)c(S(C)(=O)=O)c1. The lowest BCUT2D eigenvalue weighted by atomic mass is 10.2. The van der Waals surface area contributed by atoms with Crippen LogP contribution >= 0.6 is 11.6 Å². The average molecular weight is 514 g/mol. The molecule has 0 unspecified atom stereocenters. The summed E-state index contributed by atoms with van der Waals surface area (Å²) in [5.41, 5.74) is -0.00769. The zero-order valence-electron chi connectivity index (χ0n) is 16.8. The van der Waals surface area contributed by atoms with Gasteiger partial charge in [0.25, 0.3) is 0 Å². The second-order valence-electron chi connectivity index (χ2n) is 6.77. The Morgan fingerprint density at radius 3 is 2.06 bits per heavy atom. The molecular formula is C18H19ClF3N3O5S2. The van der Waals surface area contributed by atoms with Crippen LogP contribution < -0.4 is 4.90 Å². The van der Waals surface area contributed by atoms with Crippen molar-refractivity contribution in [1.82, 2.24) is 0 Å². The Kier molecular flexibility index (Phi) is 7.92. The second kappa shape index (κ2) is 9.73. The van der Waals surface area contributed by atoms with Crippen LogP contribution in [-0.4, -0.2) is 60.3 Å². The Labute approximate surface area is 188 Å². The van der Waals surface area contributed by atoms with E-state index in [0.717, 1.165) is 23.5 Å². The number of azo groups is 1. The van der Waals surface area contributed by atoms with Gasteiger partial charge in [0.05, 0.1) is 21.4 Å². The topological polar surface area (TPSA) is 116 Å². The molecule has 0 aliphatic carbocycles.